The molecule has 1 aliphatic rings. The van der Waals surface area contributed by atoms with Gasteiger partial charge in [-0.1, -0.05) is 18.2 Å². The Morgan fingerprint density at radius 3 is 2.45 bits per heavy atom. The summed E-state index contributed by atoms with van der Waals surface area (Å²) in [4.78, 5) is 31.9. The van der Waals surface area contributed by atoms with Crippen LogP contribution in [0.3, 0.4) is 0 Å². The number of anilines is 1. The zero-order valence-corrected chi connectivity index (χ0v) is 18.7. The molecule has 0 atom stereocenters. The van der Waals surface area contributed by atoms with E-state index < -0.39 is 0 Å². The molecule has 2 amide bonds. The highest BCUT2D eigenvalue weighted by Gasteiger charge is 2.31. The number of hydrogen-bond donors (Lipinski definition) is 1. The number of carbonyl (C=O) groups is 2. The van der Waals surface area contributed by atoms with Gasteiger partial charge in [-0.3, -0.25) is 14.5 Å². The molecule has 1 fully saturated rings. The number of rotatable bonds is 5. The normalized spacial score (nSPS) is 13.5. The summed E-state index contributed by atoms with van der Waals surface area (Å²) in [6.45, 7) is 1.99. The maximum Gasteiger partial charge on any atom is 0.259 e. The molecule has 3 aromatic heterocycles. The fraction of sp³-hybridized carbons (Fsp3) is 0.231. The fourth-order valence-corrected chi connectivity index (χ4v) is 4.13. The molecule has 1 N–H and O–H groups in total. The Morgan fingerprint density at radius 1 is 1.03 bits per heavy atom. The molecule has 1 saturated carbocycles. The SMILES string of the molecule is CNC(=O)c1ccc(-c2cnn3ccc(C(=O)N(c4ccc(C)cn4)C4CCC4)cc23)cc1. The van der Waals surface area contributed by atoms with Crippen molar-refractivity contribution in [3.8, 4) is 11.1 Å². The van der Waals surface area contributed by atoms with Crippen LogP contribution >= 0.6 is 0 Å². The summed E-state index contributed by atoms with van der Waals surface area (Å²) in [5.74, 6) is 0.504. The van der Waals surface area contributed by atoms with E-state index in [1.54, 1.807) is 42.2 Å². The van der Waals surface area contributed by atoms with Crippen LogP contribution in [0, 0.1) is 6.92 Å². The summed E-state index contributed by atoms with van der Waals surface area (Å²) in [7, 11) is 1.61. The summed E-state index contributed by atoms with van der Waals surface area (Å²) >= 11 is 0. The first kappa shape index (κ1) is 20.9. The van der Waals surface area contributed by atoms with Gasteiger partial charge < -0.3 is 5.32 Å². The van der Waals surface area contributed by atoms with Gasteiger partial charge in [0.2, 0.25) is 0 Å². The third-order valence-corrected chi connectivity index (χ3v) is 6.25. The molecular formula is C26H25N5O2. The van der Waals surface area contributed by atoms with Crippen LogP contribution in [0.4, 0.5) is 5.82 Å². The quantitative estimate of drug-likeness (QED) is 0.504. The average Bonchev–Trinajstić information content (AvgIpc) is 3.24. The molecule has 33 heavy (non-hydrogen) atoms. The predicted octanol–water partition coefficient (Wildman–Crippen LogP) is 4.26. The summed E-state index contributed by atoms with van der Waals surface area (Å²) in [5, 5.41) is 7.07. The Kier molecular flexibility index (Phi) is 5.38. The second-order valence-corrected chi connectivity index (χ2v) is 8.41. The molecule has 0 saturated heterocycles. The lowest BCUT2D eigenvalue weighted by atomic mass is 9.91. The van der Waals surface area contributed by atoms with Crippen molar-refractivity contribution in [2.24, 2.45) is 0 Å². The molecule has 0 aliphatic heterocycles. The molecule has 166 valence electrons. The van der Waals surface area contributed by atoms with Crippen molar-refractivity contribution in [1.29, 1.82) is 0 Å². The topological polar surface area (TPSA) is 79.6 Å². The van der Waals surface area contributed by atoms with Gasteiger partial charge in [0.1, 0.15) is 5.82 Å². The lowest BCUT2D eigenvalue weighted by Gasteiger charge is -2.36. The number of nitrogens with zero attached hydrogens (tertiary/aromatic N) is 4. The van der Waals surface area contributed by atoms with E-state index in [2.05, 4.69) is 15.4 Å². The Morgan fingerprint density at radius 2 is 1.82 bits per heavy atom. The maximum absolute atomic E-state index is 13.6. The molecular weight excluding hydrogens is 414 g/mol. The molecule has 1 aromatic carbocycles. The number of aromatic nitrogens is 3. The van der Waals surface area contributed by atoms with Crippen molar-refractivity contribution in [3.63, 3.8) is 0 Å². The first-order valence-corrected chi connectivity index (χ1v) is 11.1. The monoisotopic (exact) mass is 439 g/mol. The van der Waals surface area contributed by atoms with E-state index >= 15 is 0 Å². The molecule has 4 aromatic rings. The first-order chi connectivity index (χ1) is 16.0. The van der Waals surface area contributed by atoms with Crippen LogP contribution in [0.15, 0.2) is 67.1 Å². The van der Waals surface area contributed by atoms with E-state index in [9.17, 15) is 9.59 Å². The van der Waals surface area contributed by atoms with Crippen molar-refractivity contribution >= 4 is 23.1 Å². The van der Waals surface area contributed by atoms with Gasteiger partial charge in [0.15, 0.2) is 0 Å². The van der Waals surface area contributed by atoms with E-state index in [-0.39, 0.29) is 17.9 Å². The summed E-state index contributed by atoms with van der Waals surface area (Å²) < 4.78 is 1.76. The fourth-order valence-electron chi connectivity index (χ4n) is 4.13. The highest BCUT2D eigenvalue weighted by molar-refractivity contribution is 6.07. The van der Waals surface area contributed by atoms with E-state index in [0.29, 0.717) is 16.9 Å². The molecule has 0 radical (unpaired) electrons. The molecule has 5 rings (SSSR count). The third-order valence-electron chi connectivity index (χ3n) is 6.25. The second kappa shape index (κ2) is 8.50. The van der Waals surface area contributed by atoms with E-state index in [4.69, 9.17) is 0 Å². The number of aryl methyl sites for hydroxylation is 1. The van der Waals surface area contributed by atoms with E-state index in [1.165, 1.54) is 0 Å². The zero-order valence-electron chi connectivity index (χ0n) is 18.7. The smallest absolute Gasteiger partial charge is 0.259 e. The van der Waals surface area contributed by atoms with Crippen LogP contribution < -0.4 is 10.2 Å². The van der Waals surface area contributed by atoms with Gasteiger partial charge in [-0.15, -0.1) is 0 Å². The van der Waals surface area contributed by atoms with Gasteiger partial charge in [0.25, 0.3) is 11.8 Å². The number of fused-ring (bicyclic) bond motifs is 1. The van der Waals surface area contributed by atoms with Crippen molar-refractivity contribution in [2.75, 3.05) is 11.9 Å². The van der Waals surface area contributed by atoms with Crippen molar-refractivity contribution < 1.29 is 9.59 Å². The van der Waals surface area contributed by atoms with E-state index in [1.807, 2.05) is 48.4 Å². The third kappa shape index (κ3) is 3.86. The minimum Gasteiger partial charge on any atom is -0.355 e. The number of hydrogen-bond acceptors (Lipinski definition) is 4. The Bertz CT molecular complexity index is 1320. The molecule has 1 aliphatic carbocycles. The number of carbonyl (C=O) groups excluding carboxylic acids is 2. The number of amides is 2. The summed E-state index contributed by atoms with van der Waals surface area (Å²) in [6, 6.07) is 15.1. The van der Waals surface area contributed by atoms with Crippen molar-refractivity contribution in [3.05, 3.63) is 83.8 Å². The van der Waals surface area contributed by atoms with Crippen LogP contribution in [0.1, 0.15) is 45.5 Å². The van der Waals surface area contributed by atoms with Gasteiger partial charge in [0, 0.05) is 42.2 Å². The number of nitrogens with one attached hydrogen (secondary N) is 1. The average molecular weight is 440 g/mol. The Balaban J connectivity index is 1.51. The van der Waals surface area contributed by atoms with Crippen LogP contribution in [0.2, 0.25) is 0 Å². The highest BCUT2D eigenvalue weighted by atomic mass is 16.2. The van der Waals surface area contributed by atoms with Crippen LogP contribution in [-0.2, 0) is 0 Å². The van der Waals surface area contributed by atoms with Crippen LogP contribution in [-0.4, -0.2) is 39.5 Å². The largest absolute Gasteiger partial charge is 0.355 e. The van der Waals surface area contributed by atoms with Gasteiger partial charge in [-0.25, -0.2) is 9.50 Å². The number of pyridine rings is 2. The zero-order chi connectivity index (χ0) is 22.9. The molecule has 0 spiro atoms. The van der Waals surface area contributed by atoms with Crippen molar-refractivity contribution in [2.45, 2.75) is 32.2 Å². The summed E-state index contributed by atoms with van der Waals surface area (Å²) in [5.41, 5.74) is 4.91. The minimum absolute atomic E-state index is 0.0549. The predicted molar refractivity (Wildman–Crippen MR) is 127 cm³/mol. The molecule has 3 heterocycles. The number of benzene rings is 1. The van der Waals surface area contributed by atoms with Gasteiger partial charge in [-0.2, -0.15) is 5.10 Å². The standard InChI is InChI=1S/C26H25N5O2/c1-17-6-11-24(28-15-17)31(21-4-3-5-21)26(33)20-12-13-30-23(14-20)22(16-29-30)18-7-9-19(10-8-18)25(32)27-2/h6-16,21H,3-5H2,1-2H3,(H,27,32). The Hall–Kier alpha value is -4.00. The van der Waals surface area contributed by atoms with Crippen LogP contribution in [0.25, 0.3) is 16.6 Å². The highest BCUT2D eigenvalue weighted by Crippen LogP contribution is 2.31. The van der Waals surface area contributed by atoms with Crippen molar-refractivity contribution in [1.82, 2.24) is 19.9 Å². The second-order valence-electron chi connectivity index (χ2n) is 8.41. The molecule has 0 unspecified atom stereocenters. The first-order valence-electron chi connectivity index (χ1n) is 11.1. The molecule has 0 bridgehead atoms. The lowest BCUT2D eigenvalue weighted by molar-refractivity contribution is 0.0955. The van der Waals surface area contributed by atoms with Gasteiger partial charge in [0.05, 0.1) is 11.7 Å². The minimum atomic E-state index is -0.130. The van der Waals surface area contributed by atoms with Gasteiger partial charge in [-0.05, 0) is 67.6 Å². The van der Waals surface area contributed by atoms with Crippen LogP contribution in [0.5, 0.6) is 0 Å². The van der Waals surface area contributed by atoms with E-state index in [0.717, 1.165) is 41.5 Å². The lowest BCUT2D eigenvalue weighted by Crippen LogP contribution is -2.45. The maximum atomic E-state index is 13.6. The molecule has 7 nitrogen and oxygen atoms in total. The molecule has 7 heteroatoms. The Labute approximate surface area is 192 Å². The summed E-state index contributed by atoms with van der Waals surface area (Å²) in [6.07, 6.45) is 8.49. The van der Waals surface area contributed by atoms with Gasteiger partial charge >= 0.3 is 0 Å².